The van der Waals surface area contributed by atoms with Crippen molar-refractivity contribution < 1.29 is 0 Å². The molecule has 1 aliphatic heterocycles. The van der Waals surface area contributed by atoms with E-state index in [2.05, 4.69) is 33.7 Å². The predicted octanol–water partition coefficient (Wildman–Crippen LogP) is 3.66. The molecular weight excluding hydrogens is 346 g/mol. The summed E-state index contributed by atoms with van der Waals surface area (Å²) in [6.45, 7) is 2.77. The van der Waals surface area contributed by atoms with Gasteiger partial charge in [-0.15, -0.1) is 0 Å². The summed E-state index contributed by atoms with van der Waals surface area (Å²) in [7, 11) is 0. The maximum absolute atomic E-state index is 9.05. The number of para-hydroxylation sites is 2. The molecule has 2 atom stereocenters. The summed E-state index contributed by atoms with van der Waals surface area (Å²) in [5.41, 5.74) is 10.8. The fraction of sp³-hybridized carbons (Fsp3) is 0.391. The van der Waals surface area contributed by atoms with Crippen LogP contribution in [0, 0.1) is 16.7 Å². The molecule has 1 saturated heterocycles. The summed E-state index contributed by atoms with van der Waals surface area (Å²) in [5, 5.41) is 9.05. The number of imidazole rings is 1. The Balaban J connectivity index is 1.52. The van der Waals surface area contributed by atoms with Crippen molar-refractivity contribution in [1.82, 2.24) is 9.55 Å². The van der Waals surface area contributed by atoms with E-state index in [9.17, 15) is 0 Å². The average Bonchev–Trinajstić information content (AvgIpc) is 3.41. The van der Waals surface area contributed by atoms with Crippen molar-refractivity contribution in [2.45, 2.75) is 38.3 Å². The van der Waals surface area contributed by atoms with E-state index in [1.54, 1.807) is 0 Å². The Hall–Kier alpha value is -2.84. The monoisotopic (exact) mass is 371 g/mol. The maximum Gasteiger partial charge on any atom is 0.206 e. The van der Waals surface area contributed by atoms with Crippen LogP contribution >= 0.6 is 0 Å². The zero-order valence-corrected chi connectivity index (χ0v) is 16.0. The van der Waals surface area contributed by atoms with Crippen molar-refractivity contribution in [2.24, 2.45) is 11.1 Å². The van der Waals surface area contributed by atoms with Gasteiger partial charge in [0, 0.05) is 24.5 Å². The molecular formula is C23H25N5. The number of benzene rings is 2. The van der Waals surface area contributed by atoms with Gasteiger partial charge >= 0.3 is 0 Å². The van der Waals surface area contributed by atoms with Crippen molar-refractivity contribution in [3.63, 3.8) is 0 Å². The summed E-state index contributed by atoms with van der Waals surface area (Å²) in [4.78, 5) is 7.44. The Morgan fingerprint density at radius 1 is 1.14 bits per heavy atom. The first-order chi connectivity index (χ1) is 13.7. The van der Waals surface area contributed by atoms with Gasteiger partial charge in [0.25, 0.3) is 0 Å². The Morgan fingerprint density at radius 2 is 1.96 bits per heavy atom. The van der Waals surface area contributed by atoms with Gasteiger partial charge in [-0.1, -0.05) is 30.7 Å². The highest BCUT2D eigenvalue weighted by molar-refractivity contribution is 5.79. The molecule has 3 aromatic rings. The molecule has 142 valence electrons. The van der Waals surface area contributed by atoms with E-state index in [4.69, 9.17) is 16.0 Å². The van der Waals surface area contributed by atoms with Gasteiger partial charge in [-0.05, 0) is 49.1 Å². The number of nitrogens with zero attached hydrogens (tertiary/aromatic N) is 4. The molecule has 5 rings (SSSR count). The molecule has 0 radical (unpaired) electrons. The summed E-state index contributed by atoms with van der Waals surface area (Å²) >= 11 is 0. The van der Waals surface area contributed by atoms with Crippen molar-refractivity contribution in [3.8, 4) is 6.07 Å². The molecule has 1 saturated carbocycles. The fourth-order valence-corrected chi connectivity index (χ4v) is 5.07. The number of hydrogen-bond acceptors (Lipinski definition) is 4. The van der Waals surface area contributed by atoms with Crippen LogP contribution in [0.3, 0.4) is 0 Å². The maximum atomic E-state index is 9.05. The molecule has 2 aliphatic rings. The van der Waals surface area contributed by atoms with Gasteiger partial charge in [-0.3, -0.25) is 0 Å². The molecule has 1 aromatic heterocycles. The van der Waals surface area contributed by atoms with Gasteiger partial charge in [0.1, 0.15) is 0 Å². The van der Waals surface area contributed by atoms with Crippen molar-refractivity contribution in [3.05, 3.63) is 59.7 Å². The highest BCUT2D eigenvalue weighted by Gasteiger charge is 2.46. The molecule has 5 nitrogen and oxygen atoms in total. The highest BCUT2D eigenvalue weighted by atomic mass is 15.3. The van der Waals surface area contributed by atoms with E-state index in [0.717, 1.165) is 49.5 Å². The molecule has 2 N–H and O–H groups in total. The van der Waals surface area contributed by atoms with Crippen LogP contribution in [0.15, 0.2) is 48.5 Å². The predicted molar refractivity (Wildman–Crippen MR) is 111 cm³/mol. The van der Waals surface area contributed by atoms with Crippen LogP contribution in [0.1, 0.15) is 36.8 Å². The third-order valence-electron chi connectivity index (χ3n) is 6.70. The topological polar surface area (TPSA) is 70.9 Å². The van der Waals surface area contributed by atoms with Crippen LogP contribution in [-0.4, -0.2) is 28.7 Å². The number of nitrogens with two attached hydrogens (primary N) is 1. The van der Waals surface area contributed by atoms with E-state index < -0.39 is 0 Å². The minimum atomic E-state index is 0.261. The molecule has 2 unspecified atom stereocenters. The minimum Gasteiger partial charge on any atom is -0.342 e. The van der Waals surface area contributed by atoms with Crippen molar-refractivity contribution in [1.29, 1.82) is 5.26 Å². The van der Waals surface area contributed by atoms with Crippen LogP contribution in [0.5, 0.6) is 0 Å². The lowest BCUT2D eigenvalue weighted by molar-refractivity contribution is 0.297. The lowest BCUT2D eigenvalue weighted by Gasteiger charge is -2.29. The van der Waals surface area contributed by atoms with E-state index >= 15 is 0 Å². The number of anilines is 1. The molecule has 0 bridgehead atoms. The van der Waals surface area contributed by atoms with Gasteiger partial charge < -0.3 is 15.2 Å². The molecule has 28 heavy (non-hydrogen) atoms. The molecule has 1 aliphatic carbocycles. The second-order valence-corrected chi connectivity index (χ2v) is 8.33. The van der Waals surface area contributed by atoms with Gasteiger partial charge in [0.2, 0.25) is 5.95 Å². The third kappa shape index (κ3) is 2.76. The zero-order valence-electron chi connectivity index (χ0n) is 16.0. The van der Waals surface area contributed by atoms with Crippen LogP contribution in [0.25, 0.3) is 11.0 Å². The minimum absolute atomic E-state index is 0.261. The van der Waals surface area contributed by atoms with Gasteiger partial charge in [0.05, 0.1) is 29.2 Å². The van der Waals surface area contributed by atoms with E-state index in [1.807, 2.05) is 30.3 Å². The van der Waals surface area contributed by atoms with Gasteiger partial charge in [-0.25, -0.2) is 4.98 Å². The van der Waals surface area contributed by atoms with E-state index in [0.29, 0.717) is 11.6 Å². The van der Waals surface area contributed by atoms with E-state index in [1.165, 1.54) is 18.4 Å². The second kappa shape index (κ2) is 6.65. The van der Waals surface area contributed by atoms with Gasteiger partial charge in [0.15, 0.2) is 0 Å². The number of aromatic nitrogens is 2. The number of rotatable bonds is 3. The molecule has 2 aromatic carbocycles. The Labute approximate surface area is 165 Å². The smallest absolute Gasteiger partial charge is 0.206 e. The molecule has 1 spiro atoms. The standard InChI is InChI=1S/C23H25N5/c24-14-17-7-9-18(10-8-17)15-28-20-5-2-1-4-19(20)26-22(28)27-13-12-23(16-27)11-3-6-21(23)25/h1-2,4-5,7-10,21H,3,6,11-13,15-16,25H2. The first kappa shape index (κ1) is 17.3. The largest absolute Gasteiger partial charge is 0.342 e. The quantitative estimate of drug-likeness (QED) is 0.763. The lowest BCUT2D eigenvalue weighted by Crippen LogP contribution is -2.39. The molecule has 2 heterocycles. The SMILES string of the molecule is N#Cc1ccc(Cn2c(N3CCC4(CCCC4N)C3)nc3ccccc32)cc1. The van der Waals surface area contributed by atoms with Crippen LogP contribution in [-0.2, 0) is 6.54 Å². The molecule has 2 fully saturated rings. The first-order valence-electron chi connectivity index (χ1n) is 10.1. The summed E-state index contributed by atoms with van der Waals surface area (Å²) in [6.07, 6.45) is 4.79. The van der Waals surface area contributed by atoms with Crippen molar-refractivity contribution >= 4 is 17.0 Å². The van der Waals surface area contributed by atoms with Crippen LogP contribution in [0.4, 0.5) is 5.95 Å². The highest BCUT2D eigenvalue weighted by Crippen LogP contribution is 2.45. The second-order valence-electron chi connectivity index (χ2n) is 8.33. The summed E-state index contributed by atoms with van der Waals surface area (Å²) in [6, 6.07) is 18.7. The van der Waals surface area contributed by atoms with Crippen LogP contribution < -0.4 is 10.6 Å². The summed E-state index contributed by atoms with van der Waals surface area (Å²) in [5.74, 6) is 1.04. The number of hydrogen-bond donors (Lipinski definition) is 1. The lowest BCUT2D eigenvalue weighted by atomic mass is 9.82. The fourth-order valence-electron chi connectivity index (χ4n) is 5.07. The average molecular weight is 371 g/mol. The third-order valence-corrected chi connectivity index (χ3v) is 6.70. The normalized spacial score (nSPS) is 24.3. The van der Waals surface area contributed by atoms with Gasteiger partial charge in [-0.2, -0.15) is 5.26 Å². The number of fused-ring (bicyclic) bond motifs is 1. The number of nitriles is 1. The Bertz CT molecular complexity index is 1050. The van der Waals surface area contributed by atoms with E-state index in [-0.39, 0.29) is 5.41 Å². The molecule has 5 heteroatoms. The van der Waals surface area contributed by atoms with Crippen LogP contribution in [0.2, 0.25) is 0 Å². The zero-order chi connectivity index (χ0) is 19.1. The van der Waals surface area contributed by atoms with Crippen molar-refractivity contribution in [2.75, 3.05) is 18.0 Å². The molecule has 0 amide bonds. The Morgan fingerprint density at radius 3 is 2.71 bits per heavy atom. The first-order valence-corrected chi connectivity index (χ1v) is 10.1. The Kier molecular flexibility index (Phi) is 4.10. The summed E-state index contributed by atoms with van der Waals surface area (Å²) < 4.78 is 2.32.